The van der Waals surface area contributed by atoms with Gasteiger partial charge in [-0.25, -0.2) is 4.39 Å². The summed E-state index contributed by atoms with van der Waals surface area (Å²) in [5.74, 6) is -2.46. The lowest BCUT2D eigenvalue weighted by atomic mass is 9.78. The van der Waals surface area contributed by atoms with Crippen LogP contribution in [0.2, 0.25) is 0 Å². The Hall–Kier alpha value is -1.91. The Morgan fingerprint density at radius 1 is 1.19 bits per heavy atom. The van der Waals surface area contributed by atoms with Crippen molar-refractivity contribution in [2.45, 2.75) is 32.1 Å². The summed E-state index contributed by atoms with van der Waals surface area (Å²) in [6, 6.07) is 6.44. The van der Waals surface area contributed by atoms with E-state index < -0.39 is 17.8 Å². The highest BCUT2D eigenvalue weighted by Crippen LogP contribution is 2.30. The molecule has 1 aromatic rings. The minimum absolute atomic E-state index is 0.224. The fourth-order valence-corrected chi connectivity index (χ4v) is 2.89. The number of carbonyl (C=O) groups is 2. The van der Waals surface area contributed by atoms with Gasteiger partial charge in [-0.05, 0) is 30.9 Å². The average Bonchev–Trinajstić information content (AvgIpc) is 2.49. The zero-order valence-electron chi connectivity index (χ0n) is 11.8. The van der Waals surface area contributed by atoms with Crippen LogP contribution in [0.25, 0.3) is 0 Å². The SMILES string of the molecule is O=C(O)C1CCCCC1C(=O)NCCc1ccccc1F. The third-order valence-corrected chi connectivity index (χ3v) is 4.07. The minimum Gasteiger partial charge on any atom is -0.481 e. The molecule has 2 rings (SSSR count). The predicted molar refractivity (Wildman–Crippen MR) is 76.2 cm³/mol. The molecular weight excluding hydrogens is 273 g/mol. The zero-order valence-corrected chi connectivity index (χ0v) is 11.8. The monoisotopic (exact) mass is 293 g/mol. The van der Waals surface area contributed by atoms with E-state index in [4.69, 9.17) is 5.11 Å². The maximum absolute atomic E-state index is 13.4. The third-order valence-electron chi connectivity index (χ3n) is 4.07. The van der Waals surface area contributed by atoms with E-state index in [9.17, 15) is 14.0 Å². The molecule has 21 heavy (non-hydrogen) atoms. The van der Waals surface area contributed by atoms with Gasteiger partial charge in [0.2, 0.25) is 5.91 Å². The molecule has 0 bridgehead atoms. The van der Waals surface area contributed by atoms with E-state index in [1.165, 1.54) is 6.07 Å². The van der Waals surface area contributed by atoms with Crippen molar-refractivity contribution in [2.24, 2.45) is 11.8 Å². The highest BCUT2D eigenvalue weighted by atomic mass is 19.1. The maximum atomic E-state index is 13.4. The van der Waals surface area contributed by atoms with Crippen molar-refractivity contribution < 1.29 is 19.1 Å². The molecule has 2 atom stereocenters. The van der Waals surface area contributed by atoms with E-state index in [0.29, 0.717) is 31.4 Å². The molecule has 1 aliphatic rings. The van der Waals surface area contributed by atoms with Crippen LogP contribution in [0.4, 0.5) is 4.39 Å². The van der Waals surface area contributed by atoms with Crippen molar-refractivity contribution in [3.63, 3.8) is 0 Å². The highest BCUT2D eigenvalue weighted by Gasteiger charge is 2.35. The van der Waals surface area contributed by atoms with Gasteiger partial charge in [0.15, 0.2) is 0 Å². The number of nitrogens with one attached hydrogen (secondary N) is 1. The van der Waals surface area contributed by atoms with Gasteiger partial charge in [0.05, 0.1) is 11.8 Å². The van der Waals surface area contributed by atoms with Crippen LogP contribution in [0.15, 0.2) is 24.3 Å². The van der Waals surface area contributed by atoms with Gasteiger partial charge in [-0.2, -0.15) is 0 Å². The van der Waals surface area contributed by atoms with Crippen LogP contribution in [0.1, 0.15) is 31.2 Å². The summed E-state index contributed by atoms with van der Waals surface area (Å²) < 4.78 is 13.4. The summed E-state index contributed by atoms with van der Waals surface area (Å²) in [7, 11) is 0. The summed E-state index contributed by atoms with van der Waals surface area (Å²) in [6.45, 7) is 0.322. The summed E-state index contributed by atoms with van der Waals surface area (Å²) >= 11 is 0. The van der Waals surface area contributed by atoms with Crippen LogP contribution in [0, 0.1) is 17.7 Å². The molecule has 1 aromatic carbocycles. The number of hydrogen-bond donors (Lipinski definition) is 2. The molecule has 2 N–H and O–H groups in total. The second-order valence-electron chi connectivity index (χ2n) is 5.47. The average molecular weight is 293 g/mol. The van der Waals surface area contributed by atoms with E-state index in [1.807, 2.05) is 0 Å². The Kier molecular flexibility index (Phi) is 5.31. The third kappa shape index (κ3) is 4.03. The first-order valence-electron chi connectivity index (χ1n) is 7.33. The number of carboxylic acids is 1. The first kappa shape index (κ1) is 15.5. The van der Waals surface area contributed by atoms with Crippen LogP contribution < -0.4 is 5.32 Å². The van der Waals surface area contributed by atoms with Gasteiger partial charge < -0.3 is 10.4 Å². The molecule has 0 aliphatic heterocycles. The molecule has 0 heterocycles. The van der Waals surface area contributed by atoms with Crippen LogP contribution in [0.5, 0.6) is 0 Å². The normalized spacial score (nSPS) is 21.8. The fraction of sp³-hybridized carbons (Fsp3) is 0.500. The number of benzene rings is 1. The summed E-state index contributed by atoms with van der Waals surface area (Å²) in [4.78, 5) is 23.3. The summed E-state index contributed by atoms with van der Waals surface area (Å²) in [6.07, 6.45) is 3.32. The molecular formula is C16H20FNO3. The van der Waals surface area contributed by atoms with E-state index in [-0.39, 0.29) is 11.7 Å². The lowest BCUT2D eigenvalue weighted by Gasteiger charge is -2.27. The van der Waals surface area contributed by atoms with Gasteiger partial charge in [0.25, 0.3) is 0 Å². The van der Waals surface area contributed by atoms with Crippen molar-refractivity contribution in [3.05, 3.63) is 35.6 Å². The Labute approximate surface area is 123 Å². The van der Waals surface area contributed by atoms with Crippen LogP contribution in [-0.4, -0.2) is 23.5 Å². The van der Waals surface area contributed by atoms with Gasteiger partial charge in [0, 0.05) is 6.54 Å². The lowest BCUT2D eigenvalue weighted by molar-refractivity contribution is -0.148. The molecule has 0 radical (unpaired) electrons. The molecule has 1 saturated carbocycles. The maximum Gasteiger partial charge on any atom is 0.307 e. The Balaban J connectivity index is 1.86. The fourth-order valence-electron chi connectivity index (χ4n) is 2.89. The number of amides is 1. The molecule has 0 spiro atoms. The molecule has 1 aliphatic carbocycles. The number of carbonyl (C=O) groups excluding carboxylic acids is 1. The van der Waals surface area contributed by atoms with E-state index in [2.05, 4.69) is 5.32 Å². The van der Waals surface area contributed by atoms with Gasteiger partial charge >= 0.3 is 5.97 Å². The largest absolute Gasteiger partial charge is 0.481 e. The first-order chi connectivity index (χ1) is 10.1. The molecule has 5 heteroatoms. The van der Waals surface area contributed by atoms with Crippen LogP contribution >= 0.6 is 0 Å². The van der Waals surface area contributed by atoms with Gasteiger partial charge in [-0.1, -0.05) is 31.0 Å². The predicted octanol–water partition coefficient (Wildman–Crippen LogP) is 2.38. The van der Waals surface area contributed by atoms with Crippen molar-refractivity contribution in [3.8, 4) is 0 Å². The molecule has 2 unspecified atom stereocenters. The van der Waals surface area contributed by atoms with Gasteiger partial charge in [0.1, 0.15) is 5.82 Å². The van der Waals surface area contributed by atoms with Crippen molar-refractivity contribution >= 4 is 11.9 Å². The second kappa shape index (κ2) is 7.20. The summed E-state index contributed by atoms with van der Waals surface area (Å²) in [5, 5.41) is 11.9. The smallest absolute Gasteiger partial charge is 0.307 e. The van der Waals surface area contributed by atoms with E-state index in [1.54, 1.807) is 18.2 Å². The molecule has 114 valence electrons. The summed E-state index contributed by atoms with van der Waals surface area (Å²) in [5.41, 5.74) is 0.552. The number of carboxylic acid groups (broad SMARTS) is 1. The minimum atomic E-state index is -0.899. The van der Waals surface area contributed by atoms with Gasteiger partial charge in [-0.15, -0.1) is 0 Å². The van der Waals surface area contributed by atoms with Gasteiger partial charge in [-0.3, -0.25) is 9.59 Å². The number of aliphatic carboxylic acids is 1. The Bertz CT molecular complexity index is 518. The lowest BCUT2D eigenvalue weighted by Crippen LogP contribution is -2.40. The van der Waals surface area contributed by atoms with Crippen molar-refractivity contribution in [2.75, 3.05) is 6.54 Å². The molecule has 1 amide bonds. The second-order valence-corrected chi connectivity index (χ2v) is 5.47. The molecule has 0 aromatic heterocycles. The Morgan fingerprint density at radius 3 is 2.52 bits per heavy atom. The Morgan fingerprint density at radius 2 is 1.86 bits per heavy atom. The standard InChI is InChI=1S/C16H20FNO3/c17-14-8-4-1-5-11(14)9-10-18-15(19)12-6-2-3-7-13(12)16(20)21/h1,4-5,8,12-13H,2-3,6-7,9-10H2,(H,18,19)(H,20,21). The quantitative estimate of drug-likeness (QED) is 0.876. The highest BCUT2D eigenvalue weighted by molar-refractivity contribution is 5.84. The number of hydrogen-bond acceptors (Lipinski definition) is 2. The van der Waals surface area contributed by atoms with Crippen molar-refractivity contribution in [1.82, 2.24) is 5.32 Å². The topological polar surface area (TPSA) is 66.4 Å². The van der Waals surface area contributed by atoms with Crippen molar-refractivity contribution in [1.29, 1.82) is 0 Å². The van der Waals surface area contributed by atoms with Crippen LogP contribution in [0.3, 0.4) is 0 Å². The van der Waals surface area contributed by atoms with E-state index in [0.717, 1.165) is 12.8 Å². The molecule has 4 nitrogen and oxygen atoms in total. The molecule has 0 saturated heterocycles. The first-order valence-corrected chi connectivity index (χ1v) is 7.33. The molecule has 1 fully saturated rings. The zero-order chi connectivity index (χ0) is 15.2. The number of halogens is 1. The number of rotatable bonds is 5. The van der Waals surface area contributed by atoms with E-state index >= 15 is 0 Å². The van der Waals surface area contributed by atoms with Crippen LogP contribution in [-0.2, 0) is 16.0 Å².